The van der Waals surface area contributed by atoms with Crippen LogP contribution in [0.5, 0.6) is 0 Å². The van der Waals surface area contributed by atoms with Crippen LogP contribution >= 0.6 is 0 Å². The van der Waals surface area contributed by atoms with Gasteiger partial charge in [-0.05, 0) is 43.0 Å². The number of carbonyl (C=O) groups excluding carboxylic acids is 1. The monoisotopic (exact) mass is 373 g/mol. The van der Waals surface area contributed by atoms with Crippen LogP contribution in [0, 0.1) is 0 Å². The average molecular weight is 374 g/mol. The molecule has 0 unspecified atom stereocenters. The van der Waals surface area contributed by atoms with Gasteiger partial charge in [-0.15, -0.1) is 6.58 Å². The molecular formula is C22H35NO2Si. The van der Waals surface area contributed by atoms with Crippen molar-refractivity contribution in [1.82, 2.24) is 5.32 Å². The van der Waals surface area contributed by atoms with E-state index < -0.39 is 8.32 Å². The summed E-state index contributed by atoms with van der Waals surface area (Å²) >= 11 is 0. The van der Waals surface area contributed by atoms with E-state index in [0.29, 0.717) is 19.6 Å². The lowest BCUT2D eigenvalue weighted by molar-refractivity contribution is -0.117. The Morgan fingerprint density at radius 3 is 2.46 bits per heavy atom. The van der Waals surface area contributed by atoms with Crippen molar-refractivity contribution in [3.05, 3.63) is 60.2 Å². The molecule has 144 valence electrons. The van der Waals surface area contributed by atoms with Crippen molar-refractivity contribution in [2.75, 3.05) is 13.2 Å². The number of benzene rings is 1. The highest BCUT2D eigenvalue weighted by atomic mass is 28.4. The summed E-state index contributed by atoms with van der Waals surface area (Å²) in [5, 5.41) is 3.23. The normalized spacial score (nSPS) is 12.7. The van der Waals surface area contributed by atoms with Crippen molar-refractivity contribution in [2.24, 2.45) is 0 Å². The lowest BCUT2D eigenvalue weighted by Crippen LogP contribution is -2.41. The van der Waals surface area contributed by atoms with Crippen molar-refractivity contribution < 1.29 is 9.22 Å². The van der Waals surface area contributed by atoms with Crippen molar-refractivity contribution in [3.63, 3.8) is 0 Å². The highest BCUT2D eigenvalue weighted by Gasteiger charge is 2.36. The Kier molecular flexibility index (Phi) is 9.03. The minimum Gasteiger partial charge on any atom is -0.417 e. The Bertz CT molecular complexity index is 600. The van der Waals surface area contributed by atoms with E-state index in [2.05, 4.69) is 57.9 Å². The van der Waals surface area contributed by atoms with Gasteiger partial charge in [-0.3, -0.25) is 4.79 Å². The lowest BCUT2D eigenvalue weighted by Gasteiger charge is -2.36. The quantitative estimate of drug-likeness (QED) is 0.263. The third kappa shape index (κ3) is 7.71. The second-order valence-electron chi connectivity index (χ2n) is 8.13. The van der Waals surface area contributed by atoms with E-state index in [0.717, 1.165) is 18.4 Å². The molecule has 1 aromatic carbocycles. The molecule has 0 atom stereocenters. The summed E-state index contributed by atoms with van der Waals surface area (Å²) in [5.41, 5.74) is 1.97. The molecule has 26 heavy (non-hydrogen) atoms. The molecule has 1 rings (SSSR count). The molecule has 1 N–H and O–H groups in total. The summed E-state index contributed by atoms with van der Waals surface area (Å²) in [6.45, 7) is 16.3. The highest BCUT2D eigenvalue weighted by Crippen LogP contribution is 2.36. The van der Waals surface area contributed by atoms with Gasteiger partial charge in [-0.1, -0.05) is 63.3 Å². The molecule has 0 bridgehead atoms. The predicted octanol–water partition coefficient (Wildman–Crippen LogP) is 5.26. The van der Waals surface area contributed by atoms with Gasteiger partial charge < -0.3 is 9.74 Å². The first-order valence-corrected chi connectivity index (χ1v) is 12.3. The molecule has 0 fully saturated rings. The Hall–Kier alpha value is -1.65. The van der Waals surface area contributed by atoms with E-state index in [1.54, 1.807) is 6.08 Å². The number of hydrogen-bond acceptors (Lipinski definition) is 2. The second kappa shape index (κ2) is 10.5. The van der Waals surface area contributed by atoms with Gasteiger partial charge in [-0.25, -0.2) is 0 Å². The Morgan fingerprint density at radius 2 is 1.88 bits per heavy atom. The van der Waals surface area contributed by atoms with E-state index >= 15 is 0 Å². The summed E-state index contributed by atoms with van der Waals surface area (Å²) in [6, 6.07) is 10.2. The smallest absolute Gasteiger partial charge is 0.247 e. The molecule has 1 amide bonds. The Labute approximate surface area is 160 Å². The number of allylic oxidation sites excluding steroid dienone is 2. The molecule has 0 spiro atoms. The van der Waals surface area contributed by atoms with Gasteiger partial charge in [0.2, 0.25) is 5.91 Å². The topological polar surface area (TPSA) is 38.3 Å². The molecule has 0 aliphatic heterocycles. The summed E-state index contributed by atoms with van der Waals surface area (Å²) in [6.07, 6.45) is 5.94. The zero-order valence-corrected chi connectivity index (χ0v) is 18.1. The lowest BCUT2D eigenvalue weighted by atomic mass is 10.1. The molecule has 0 aliphatic rings. The highest BCUT2D eigenvalue weighted by molar-refractivity contribution is 6.74. The van der Waals surface area contributed by atoms with Gasteiger partial charge in [-0.2, -0.15) is 0 Å². The second-order valence-corrected chi connectivity index (χ2v) is 12.9. The van der Waals surface area contributed by atoms with Crippen molar-refractivity contribution in [1.29, 1.82) is 0 Å². The maximum atomic E-state index is 12.4. The molecule has 0 heterocycles. The Morgan fingerprint density at radius 1 is 1.23 bits per heavy atom. The standard InChI is InChI=1S/C22H35NO2Si/c1-7-12-20(16-15-19-13-9-8-10-14-19)21(24)23-17-11-18-25-26(5,6)22(2,3)4/h7-10,13-14,16H,1,11-12,15,17-18H2,2-6H3,(H,23,24)/b20-16+. The number of rotatable bonds is 10. The van der Waals surface area contributed by atoms with Gasteiger partial charge in [0.05, 0.1) is 0 Å². The molecule has 1 aromatic rings. The first kappa shape index (κ1) is 22.4. The molecule has 3 nitrogen and oxygen atoms in total. The van der Waals surface area contributed by atoms with Gasteiger partial charge >= 0.3 is 0 Å². The van der Waals surface area contributed by atoms with E-state index in [-0.39, 0.29) is 10.9 Å². The third-order valence-electron chi connectivity index (χ3n) is 4.96. The summed E-state index contributed by atoms with van der Waals surface area (Å²) in [5.74, 6) is -0.00634. The van der Waals surface area contributed by atoms with Gasteiger partial charge in [0.15, 0.2) is 8.32 Å². The molecule has 4 heteroatoms. The first-order chi connectivity index (χ1) is 12.2. The fourth-order valence-electron chi connectivity index (χ4n) is 2.21. The van der Waals surface area contributed by atoms with E-state index in [1.165, 1.54) is 5.56 Å². The van der Waals surface area contributed by atoms with E-state index in [1.807, 2.05) is 24.3 Å². The van der Waals surface area contributed by atoms with Crippen molar-refractivity contribution in [3.8, 4) is 0 Å². The number of nitrogens with one attached hydrogen (secondary N) is 1. The van der Waals surface area contributed by atoms with Crippen LogP contribution < -0.4 is 5.32 Å². The van der Waals surface area contributed by atoms with Crippen LogP contribution in [-0.2, 0) is 15.6 Å². The fourth-order valence-corrected chi connectivity index (χ4v) is 3.30. The largest absolute Gasteiger partial charge is 0.417 e. The van der Waals surface area contributed by atoms with Gasteiger partial charge in [0.25, 0.3) is 0 Å². The van der Waals surface area contributed by atoms with Crippen LogP contribution in [0.4, 0.5) is 0 Å². The summed E-state index contributed by atoms with van der Waals surface area (Å²) < 4.78 is 6.15. The summed E-state index contributed by atoms with van der Waals surface area (Å²) in [4.78, 5) is 12.4. The number of amides is 1. The number of hydrogen-bond donors (Lipinski definition) is 1. The minimum atomic E-state index is -1.70. The molecule has 0 saturated carbocycles. The number of carbonyl (C=O) groups is 1. The third-order valence-corrected chi connectivity index (χ3v) is 9.50. The summed E-state index contributed by atoms with van der Waals surface area (Å²) in [7, 11) is -1.70. The minimum absolute atomic E-state index is 0.00634. The SMILES string of the molecule is C=CC/C(=C\Cc1ccccc1)C(=O)NCCCO[Si](C)(C)C(C)(C)C. The van der Waals surface area contributed by atoms with Crippen molar-refractivity contribution >= 4 is 14.2 Å². The van der Waals surface area contributed by atoms with Crippen molar-refractivity contribution in [2.45, 2.75) is 58.2 Å². The van der Waals surface area contributed by atoms with Crippen LogP contribution in [0.3, 0.4) is 0 Å². The maximum Gasteiger partial charge on any atom is 0.247 e. The first-order valence-electron chi connectivity index (χ1n) is 9.43. The van der Waals surface area contributed by atoms with Crippen LogP contribution in [0.1, 0.15) is 39.2 Å². The molecule has 0 aromatic heterocycles. The maximum absolute atomic E-state index is 12.4. The zero-order chi connectivity index (χ0) is 19.6. The van der Waals surface area contributed by atoms with Crippen LogP contribution in [-0.4, -0.2) is 27.4 Å². The van der Waals surface area contributed by atoms with Crippen LogP contribution in [0.2, 0.25) is 18.1 Å². The molecule has 0 radical (unpaired) electrons. The van der Waals surface area contributed by atoms with Crippen LogP contribution in [0.15, 0.2) is 54.6 Å². The zero-order valence-electron chi connectivity index (χ0n) is 17.1. The fraction of sp³-hybridized carbons (Fsp3) is 0.500. The van der Waals surface area contributed by atoms with E-state index in [9.17, 15) is 4.79 Å². The van der Waals surface area contributed by atoms with Gasteiger partial charge in [0, 0.05) is 18.7 Å². The van der Waals surface area contributed by atoms with E-state index in [4.69, 9.17) is 4.43 Å². The molecular weight excluding hydrogens is 338 g/mol. The van der Waals surface area contributed by atoms with Gasteiger partial charge in [0.1, 0.15) is 0 Å². The van der Waals surface area contributed by atoms with Crippen LogP contribution in [0.25, 0.3) is 0 Å². The molecule has 0 saturated heterocycles. The molecule has 0 aliphatic carbocycles. The predicted molar refractivity (Wildman–Crippen MR) is 114 cm³/mol. The average Bonchev–Trinajstić information content (AvgIpc) is 2.58. The Balaban J connectivity index is 2.44.